The minimum absolute atomic E-state index is 0.0901. The predicted octanol–water partition coefficient (Wildman–Crippen LogP) is 20.0. The van der Waals surface area contributed by atoms with Gasteiger partial charge in [-0.1, -0.05) is 232 Å². The molecule has 0 fully saturated rings. The molecule has 5 nitrogen and oxygen atoms in total. The molecule has 0 atom stereocenters. The molecule has 0 amide bonds. The second-order valence-electron chi connectivity index (χ2n) is 25.2. The van der Waals surface area contributed by atoms with Crippen LogP contribution in [0.1, 0.15) is 26.3 Å². The summed E-state index contributed by atoms with van der Waals surface area (Å²) in [6.07, 6.45) is 0. The zero-order chi connectivity index (χ0) is 58.8. The minimum atomic E-state index is -0.204. The molecule has 6 heterocycles. The third-order valence-corrected chi connectivity index (χ3v) is 20.5. The lowest BCUT2D eigenvalue weighted by molar-refractivity contribution is 0.589. The summed E-state index contributed by atoms with van der Waals surface area (Å²) in [7, 11) is 0. The standard InChI is InChI=1S/C82H56BN5S/c1-82(2,3)50-46-75-78-77(47-50)89-76-49-53(86-71-39-16-10-27-57(71)58-28-11-17-40-72(58)86)43-45-67(76)83(78)66-44-42-52(85-69-37-14-8-25-55(69)56-26-9-15-38-70(56)85)48-74(66)88(75)81-63(61-31-19-30-60-54-24-7-13-36-68(54)84-79(60)61)33-21-35-65(81)64-34-20-32-62-59-29-12-18-41-73(59)87(80(62)64)51-22-5-4-6-23-51/h4-49,84H,1-3H3. The zero-order valence-corrected chi connectivity index (χ0v) is 50.1. The van der Waals surface area contributed by atoms with Crippen molar-refractivity contribution >= 4 is 139 Å². The summed E-state index contributed by atoms with van der Waals surface area (Å²) in [5.41, 5.74) is 25.8. The van der Waals surface area contributed by atoms with Crippen LogP contribution in [0.2, 0.25) is 0 Å². The maximum atomic E-state index is 3.99. The third-order valence-electron chi connectivity index (χ3n) is 19.4. The molecule has 418 valence electrons. The second kappa shape index (κ2) is 18.9. The number of hydrogen-bond acceptors (Lipinski definition) is 2. The van der Waals surface area contributed by atoms with Crippen LogP contribution < -0.4 is 21.3 Å². The number of benzene rings is 13. The Hall–Kier alpha value is -10.7. The smallest absolute Gasteiger partial charge is 0.249 e. The van der Waals surface area contributed by atoms with E-state index in [0.717, 1.165) is 61.7 Å². The van der Waals surface area contributed by atoms with Crippen molar-refractivity contribution in [1.82, 2.24) is 18.7 Å². The maximum absolute atomic E-state index is 3.99. The first kappa shape index (κ1) is 50.4. The molecule has 0 aliphatic carbocycles. The fourth-order valence-corrected chi connectivity index (χ4v) is 16.7. The average Bonchev–Trinajstić information content (AvgIpc) is 1.85. The largest absolute Gasteiger partial charge is 0.354 e. The van der Waals surface area contributed by atoms with E-state index >= 15 is 0 Å². The molecule has 17 aromatic rings. The van der Waals surface area contributed by atoms with E-state index in [9.17, 15) is 0 Å². The van der Waals surface area contributed by atoms with Gasteiger partial charge in [0.05, 0.1) is 44.3 Å². The Kier molecular flexibility index (Phi) is 10.7. The number of aromatic amines is 1. The van der Waals surface area contributed by atoms with Crippen LogP contribution >= 0.6 is 11.8 Å². The Morgan fingerprint density at radius 3 is 1.46 bits per heavy atom. The van der Waals surface area contributed by atoms with E-state index in [-0.39, 0.29) is 12.1 Å². The van der Waals surface area contributed by atoms with Crippen LogP contribution in [0.15, 0.2) is 289 Å². The van der Waals surface area contributed by atoms with E-state index in [1.807, 2.05) is 11.8 Å². The van der Waals surface area contributed by atoms with Crippen LogP contribution in [0, 0.1) is 0 Å². The minimum Gasteiger partial charge on any atom is -0.354 e. The summed E-state index contributed by atoms with van der Waals surface area (Å²) in [5, 5.41) is 9.85. The van der Waals surface area contributed by atoms with Gasteiger partial charge in [0.1, 0.15) is 0 Å². The summed E-state index contributed by atoms with van der Waals surface area (Å²) in [5.74, 6) is 0. The highest BCUT2D eigenvalue weighted by Crippen LogP contribution is 2.53. The van der Waals surface area contributed by atoms with Gasteiger partial charge in [0.15, 0.2) is 0 Å². The van der Waals surface area contributed by atoms with Gasteiger partial charge in [-0.05, 0) is 107 Å². The third kappa shape index (κ3) is 7.28. The Morgan fingerprint density at radius 2 is 0.831 bits per heavy atom. The van der Waals surface area contributed by atoms with Gasteiger partial charge in [0.25, 0.3) is 0 Å². The number of para-hydroxylation sites is 10. The summed E-state index contributed by atoms with van der Waals surface area (Å²) in [6.45, 7) is 7.04. The Morgan fingerprint density at radius 1 is 0.348 bits per heavy atom. The number of fused-ring (bicyclic) bond motifs is 16. The normalized spacial score (nSPS) is 13.0. The van der Waals surface area contributed by atoms with Crippen molar-refractivity contribution in [2.45, 2.75) is 36.0 Å². The van der Waals surface area contributed by atoms with Gasteiger partial charge < -0.3 is 23.6 Å². The summed E-state index contributed by atoms with van der Waals surface area (Å²) in [4.78, 5) is 9.27. The highest BCUT2D eigenvalue weighted by Gasteiger charge is 2.44. The molecule has 0 saturated carbocycles. The van der Waals surface area contributed by atoms with Crippen molar-refractivity contribution in [2.24, 2.45) is 0 Å². The van der Waals surface area contributed by atoms with Crippen molar-refractivity contribution in [3.8, 4) is 39.3 Å². The first-order valence-electron chi connectivity index (χ1n) is 30.9. The molecule has 0 spiro atoms. The number of H-pyrrole nitrogens is 1. The number of nitrogens with zero attached hydrogens (tertiary/aromatic N) is 4. The lowest BCUT2D eigenvalue weighted by Gasteiger charge is -2.43. The molecule has 0 unspecified atom stereocenters. The molecule has 1 N–H and O–H groups in total. The van der Waals surface area contributed by atoms with Gasteiger partial charge in [-0.25, -0.2) is 0 Å². The van der Waals surface area contributed by atoms with Gasteiger partial charge in [0.2, 0.25) is 6.71 Å². The van der Waals surface area contributed by atoms with Crippen molar-refractivity contribution in [1.29, 1.82) is 0 Å². The fourth-order valence-electron chi connectivity index (χ4n) is 15.5. The zero-order valence-electron chi connectivity index (χ0n) is 49.3. The molecular weight excluding hydrogens is 1100 g/mol. The van der Waals surface area contributed by atoms with Crippen molar-refractivity contribution in [3.05, 3.63) is 285 Å². The van der Waals surface area contributed by atoms with Crippen LogP contribution in [-0.2, 0) is 5.41 Å². The highest BCUT2D eigenvalue weighted by atomic mass is 32.2. The van der Waals surface area contributed by atoms with Gasteiger partial charge >= 0.3 is 0 Å². The molecule has 4 aromatic heterocycles. The van der Waals surface area contributed by atoms with Crippen molar-refractivity contribution in [2.75, 3.05) is 4.90 Å². The molecule has 2 aliphatic heterocycles. The summed E-state index contributed by atoms with van der Waals surface area (Å²) >= 11 is 1.93. The Balaban J connectivity index is 0.954. The van der Waals surface area contributed by atoms with Crippen LogP contribution in [0.5, 0.6) is 0 Å². The molecule has 0 bridgehead atoms. The molecule has 0 radical (unpaired) electrons. The second-order valence-corrected chi connectivity index (χ2v) is 26.3. The average molecular weight is 1150 g/mol. The lowest BCUT2D eigenvalue weighted by atomic mass is 9.34. The van der Waals surface area contributed by atoms with Crippen molar-refractivity contribution < 1.29 is 0 Å². The van der Waals surface area contributed by atoms with Crippen LogP contribution in [-0.4, -0.2) is 25.4 Å². The predicted molar refractivity (Wildman–Crippen MR) is 378 cm³/mol. The molecule has 0 saturated heterocycles. The summed E-state index contributed by atoms with van der Waals surface area (Å²) in [6, 6.07) is 105. The van der Waals surface area contributed by atoms with E-state index in [0.29, 0.717) is 0 Å². The number of anilines is 3. The topological polar surface area (TPSA) is 33.8 Å². The summed E-state index contributed by atoms with van der Waals surface area (Å²) < 4.78 is 7.46. The first-order chi connectivity index (χ1) is 43.8. The molecule has 2 aliphatic rings. The van der Waals surface area contributed by atoms with Crippen LogP contribution in [0.25, 0.3) is 127 Å². The van der Waals surface area contributed by atoms with E-state index in [4.69, 9.17) is 0 Å². The number of aromatic nitrogens is 4. The molecule has 19 rings (SSSR count). The fraction of sp³-hybridized carbons (Fsp3) is 0.0488. The molecule has 89 heavy (non-hydrogen) atoms. The first-order valence-corrected chi connectivity index (χ1v) is 31.8. The van der Waals surface area contributed by atoms with Gasteiger partial charge in [-0.2, -0.15) is 0 Å². The van der Waals surface area contributed by atoms with Gasteiger partial charge in [0, 0.05) is 109 Å². The monoisotopic (exact) mass is 1150 g/mol. The Labute approximate surface area is 519 Å². The molecule has 13 aromatic carbocycles. The van der Waals surface area contributed by atoms with E-state index in [2.05, 4.69) is 323 Å². The molecular formula is C82H56BN5S. The van der Waals surface area contributed by atoms with E-state index in [1.165, 1.54) is 114 Å². The van der Waals surface area contributed by atoms with Crippen molar-refractivity contribution in [3.63, 3.8) is 0 Å². The number of hydrogen-bond donors (Lipinski definition) is 1. The Bertz CT molecular complexity index is 5750. The van der Waals surface area contributed by atoms with Gasteiger partial charge in [-0.15, -0.1) is 0 Å². The molecule has 7 heteroatoms. The van der Waals surface area contributed by atoms with E-state index in [1.54, 1.807) is 0 Å². The number of nitrogens with one attached hydrogen (secondary N) is 1. The lowest BCUT2D eigenvalue weighted by Crippen LogP contribution is -2.60. The van der Waals surface area contributed by atoms with Crippen LogP contribution in [0.4, 0.5) is 17.1 Å². The quantitative estimate of drug-likeness (QED) is 0.168. The SMILES string of the molecule is CC(C)(C)c1cc2c3c(c1)N(c1c(-c4cccc5c4[nH]c4ccccc45)cccc1-c1cccc4c5ccccc5n(-c5ccccc5)c14)c1cc(-n4c5ccccc5c5ccccc54)ccc1B3c1ccc(-n3c4ccccc4c4ccccc43)cc1S2. The maximum Gasteiger partial charge on any atom is 0.249 e. The number of rotatable bonds is 6. The highest BCUT2D eigenvalue weighted by molar-refractivity contribution is 8.00. The van der Waals surface area contributed by atoms with Gasteiger partial charge in [-0.3, -0.25) is 0 Å². The van der Waals surface area contributed by atoms with E-state index < -0.39 is 0 Å². The van der Waals surface area contributed by atoms with Crippen LogP contribution in [0.3, 0.4) is 0 Å².